The van der Waals surface area contributed by atoms with Gasteiger partial charge in [0.05, 0.1) is 5.56 Å². The maximum Gasteiger partial charge on any atom is 0.416 e. The summed E-state index contributed by atoms with van der Waals surface area (Å²) in [6, 6.07) is 5.68. The van der Waals surface area contributed by atoms with Crippen LogP contribution >= 0.6 is 0 Å². The molecule has 17 heavy (non-hydrogen) atoms. The predicted octanol–water partition coefficient (Wildman–Crippen LogP) is 3.40. The van der Waals surface area contributed by atoms with Gasteiger partial charge in [-0.25, -0.2) is 0 Å². The highest BCUT2D eigenvalue weighted by molar-refractivity contribution is 5.31. The first-order valence-corrected chi connectivity index (χ1v) is 5.81. The highest BCUT2D eigenvalue weighted by atomic mass is 19.4. The normalized spacial score (nSPS) is 21.5. The summed E-state index contributed by atoms with van der Waals surface area (Å²) in [6.45, 7) is 0.945. The lowest BCUT2D eigenvalue weighted by atomic mass is 9.97. The molecule has 0 spiro atoms. The van der Waals surface area contributed by atoms with Crippen molar-refractivity contribution >= 4 is 0 Å². The fourth-order valence-electron chi connectivity index (χ4n) is 2.07. The van der Waals surface area contributed by atoms with Crippen LogP contribution in [0.4, 0.5) is 13.2 Å². The molecule has 1 atom stereocenters. The summed E-state index contributed by atoms with van der Waals surface area (Å²) in [6.07, 6.45) is 0.897. The van der Waals surface area contributed by atoms with E-state index < -0.39 is 11.7 Å². The van der Waals surface area contributed by atoms with Crippen LogP contribution in [0.15, 0.2) is 24.3 Å². The maximum atomic E-state index is 12.5. The zero-order valence-corrected chi connectivity index (χ0v) is 9.43. The summed E-state index contributed by atoms with van der Waals surface area (Å²) >= 11 is 0. The van der Waals surface area contributed by atoms with E-state index in [0.717, 1.165) is 31.9 Å². The molecule has 93 valence electrons. The van der Waals surface area contributed by atoms with Crippen molar-refractivity contribution in [1.29, 1.82) is 0 Å². The van der Waals surface area contributed by atoms with Crippen molar-refractivity contribution in [3.05, 3.63) is 41.8 Å². The fraction of sp³-hybridized carbons (Fsp3) is 0.462. The van der Waals surface area contributed by atoms with Gasteiger partial charge in [0.1, 0.15) is 0 Å². The first-order chi connectivity index (χ1) is 8.05. The molecular weight excluding hydrogens is 227 g/mol. The van der Waals surface area contributed by atoms with Crippen molar-refractivity contribution in [3.8, 4) is 0 Å². The zero-order chi connectivity index (χ0) is 12.3. The van der Waals surface area contributed by atoms with Crippen LogP contribution < -0.4 is 5.32 Å². The topological polar surface area (TPSA) is 12.0 Å². The second-order valence-corrected chi connectivity index (χ2v) is 4.35. The minimum Gasteiger partial charge on any atom is -0.313 e. The molecule has 1 N–H and O–H groups in total. The number of benzene rings is 1. The van der Waals surface area contributed by atoms with E-state index in [4.69, 9.17) is 0 Å². The second-order valence-electron chi connectivity index (χ2n) is 4.35. The maximum absolute atomic E-state index is 12.5. The Balaban J connectivity index is 2.05. The SMILES string of the molecule is FC(F)(F)c1cccc([CH][C@H]2CCCCN2)c1. The average Bonchev–Trinajstić information content (AvgIpc) is 2.29. The van der Waals surface area contributed by atoms with Crippen molar-refractivity contribution in [1.82, 2.24) is 5.32 Å². The van der Waals surface area contributed by atoms with Crippen molar-refractivity contribution in [2.24, 2.45) is 0 Å². The predicted molar refractivity (Wildman–Crippen MR) is 60.5 cm³/mol. The molecule has 1 aromatic rings. The molecule has 0 aliphatic carbocycles. The first kappa shape index (κ1) is 12.4. The van der Waals surface area contributed by atoms with Crippen LogP contribution in [0.25, 0.3) is 0 Å². The molecule has 0 aromatic heterocycles. The van der Waals surface area contributed by atoms with Gasteiger partial charge in [-0.15, -0.1) is 0 Å². The quantitative estimate of drug-likeness (QED) is 0.838. The molecule has 1 nitrogen and oxygen atoms in total. The van der Waals surface area contributed by atoms with Crippen molar-refractivity contribution in [3.63, 3.8) is 0 Å². The van der Waals surface area contributed by atoms with Crippen molar-refractivity contribution in [2.45, 2.75) is 31.5 Å². The molecule has 1 radical (unpaired) electrons. The van der Waals surface area contributed by atoms with Gasteiger partial charge in [0, 0.05) is 12.5 Å². The number of piperidine rings is 1. The van der Waals surface area contributed by atoms with Gasteiger partial charge in [-0.1, -0.05) is 24.6 Å². The van der Waals surface area contributed by atoms with E-state index in [1.807, 2.05) is 6.42 Å². The van der Waals surface area contributed by atoms with E-state index in [0.29, 0.717) is 5.56 Å². The first-order valence-electron chi connectivity index (χ1n) is 5.81. The fourth-order valence-corrected chi connectivity index (χ4v) is 2.07. The van der Waals surface area contributed by atoms with Gasteiger partial charge in [-0.3, -0.25) is 0 Å². The Hall–Kier alpha value is -1.03. The molecule has 0 unspecified atom stereocenters. The Morgan fingerprint density at radius 1 is 1.24 bits per heavy atom. The molecule has 1 fully saturated rings. The van der Waals surface area contributed by atoms with Crippen molar-refractivity contribution < 1.29 is 13.2 Å². The molecule has 1 saturated heterocycles. The van der Waals surface area contributed by atoms with Crippen LogP contribution in [0.2, 0.25) is 0 Å². The molecule has 1 aromatic carbocycles. The van der Waals surface area contributed by atoms with E-state index in [2.05, 4.69) is 5.32 Å². The van der Waals surface area contributed by atoms with Gasteiger partial charge in [0.2, 0.25) is 0 Å². The minimum absolute atomic E-state index is 0.201. The number of rotatable bonds is 2. The molecule has 1 heterocycles. The number of hydrogen-bond donors (Lipinski definition) is 1. The van der Waals surface area contributed by atoms with Gasteiger partial charge in [-0.05, 0) is 31.0 Å². The highest BCUT2D eigenvalue weighted by Crippen LogP contribution is 2.30. The Bertz CT molecular complexity index is 367. The summed E-state index contributed by atoms with van der Waals surface area (Å²) in [4.78, 5) is 0. The number of nitrogens with one attached hydrogen (secondary N) is 1. The molecule has 0 amide bonds. The van der Waals surface area contributed by atoms with Gasteiger partial charge < -0.3 is 5.32 Å². The standard InChI is InChI=1S/C13H15F3N/c14-13(15,16)11-5-3-4-10(8-11)9-12-6-1-2-7-17-12/h3-5,8-9,12,17H,1-2,6-7H2/t12-/m1/s1. The smallest absolute Gasteiger partial charge is 0.313 e. The summed E-state index contributed by atoms with van der Waals surface area (Å²) in [5.41, 5.74) is 0.0567. The zero-order valence-electron chi connectivity index (χ0n) is 9.43. The summed E-state index contributed by atoms with van der Waals surface area (Å²) < 4.78 is 37.6. The van der Waals surface area contributed by atoms with E-state index >= 15 is 0 Å². The third-order valence-corrected chi connectivity index (χ3v) is 2.96. The minimum atomic E-state index is -4.26. The number of alkyl halides is 3. The summed E-state index contributed by atoms with van der Waals surface area (Å²) in [5.74, 6) is 0. The lowest BCUT2D eigenvalue weighted by Crippen LogP contribution is -2.34. The Kier molecular flexibility index (Phi) is 3.72. The van der Waals surface area contributed by atoms with Crippen LogP contribution in [0.3, 0.4) is 0 Å². The monoisotopic (exact) mass is 242 g/mol. The van der Waals surface area contributed by atoms with Crippen LogP contribution in [0.1, 0.15) is 30.4 Å². The Labute approximate surface area is 99.0 Å². The van der Waals surface area contributed by atoms with Gasteiger partial charge in [-0.2, -0.15) is 13.2 Å². The Morgan fingerprint density at radius 2 is 2.06 bits per heavy atom. The Morgan fingerprint density at radius 3 is 2.71 bits per heavy atom. The molecule has 1 aliphatic heterocycles. The third kappa shape index (κ3) is 3.46. The van der Waals surface area contributed by atoms with E-state index in [1.54, 1.807) is 6.07 Å². The van der Waals surface area contributed by atoms with Gasteiger partial charge >= 0.3 is 6.18 Å². The molecular formula is C13H15F3N. The van der Waals surface area contributed by atoms with Crippen LogP contribution in [0, 0.1) is 6.42 Å². The summed E-state index contributed by atoms with van der Waals surface area (Å²) in [5, 5.41) is 3.29. The van der Waals surface area contributed by atoms with Crippen LogP contribution in [-0.4, -0.2) is 12.6 Å². The second kappa shape index (κ2) is 5.08. The van der Waals surface area contributed by atoms with Crippen molar-refractivity contribution in [2.75, 3.05) is 6.54 Å². The molecule has 0 saturated carbocycles. The third-order valence-electron chi connectivity index (χ3n) is 2.96. The lowest BCUT2D eigenvalue weighted by Gasteiger charge is -2.23. The number of halogens is 3. The van der Waals surface area contributed by atoms with Gasteiger partial charge in [0.15, 0.2) is 0 Å². The molecule has 4 heteroatoms. The van der Waals surface area contributed by atoms with E-state index in [9.17, 15) is 13.2 Å². The lowest BCUT2D eigenvalue weighted by molar-refractivity contribution is -0.137. The largest absolute Gasteiger partial charge is 0.416 e. The van der Waals surface area contributed by atoms with Crippen LogP contribution in [0.5, 0.6) is 0 Å². The summed E-state index contributed by atoms with van der Waals surface area (Å²) in [7, 11) is 0. The van der Waals surface area contributed by atoms with Gasteiger partial charge in [0.25, 0.3) is 0 Å². The van der Waals surface area contributed by atoms with E-state index in [1.165, 1.54) is 12.1 Å². The average molecular weight is 242 g/mol. The molecule has 2 rings (SSSR count). The number of hydrogen-bond acceptors (Lipinski definition) is 1. The van der Waals surface area contributed by atoms with E-state index in [-0.39, 0.29) is 6.04 Å². The molecule has 1 aliphatic rings. The highest BCUT2D eigenvalue weighted by Gasteiger charge is 2.30. The molecule has 0 bridgehead atoms. The van der Waals surface area contributed by atoms with Crippen LogP contribution in [-0.2, 0) is 6.18 Å².